The lowest BCUT2D eigenvalue weighted by molar-refractivity contribution is 0.590. The number of halogens is 2. The van der Waals surface area contributed by atoms with E-state index in [1.807, 2.05) is 124 Å². The summed E-state index contributed by atoms with van der Waals surface area (Å²) >= 11 is 7.14. The highest BCUT2D eigenvalue weighted by Gasteiger charge is 2.45. The molecule has 0 N–H and O–H groups in total. The van der Waals surface area contributed by atoms with Crippen molar-refractivity contribution in [2.75, 3.05) is 9.80 Å². The molecular formula is C69H53BClFN4. The molecule has 4 nitrogen and oxygen atoms in total. The smallest absolute Gasteiger partial charge is 0.252 e. The molecule has 0 aliphatic carbocycles. The number of benzene rings is 10. The molecule has 3 heterocycles. The third-order valence-electron chi connectivity index (χ3n) is 15.2. The van der Waals surface area contributed by atoms with Gasteiger partial charge in [0.15, 0.2) is 0 Å². The van der Waals surface area contributed by atoms with Gasteiger partial charge in [-0.3, -0.25) is 0 Å². The van der Waals surface area contributed by atoms with Crippen molar-refractivity contribution in [1.29, 1.82) is 5.26 Å². The average Bonchev–Trinajstić information content (AvgIpc) is 3.83. The highest BCUT2D eigenvalue weighted by molar-refractivity contribution is 7.00. The van der Waals surface area contributed by atoms with Crippen molar-refractivity contribution < 1.29 is 9.87 Å². The zero-order valence-corrected chi connectivity index (χ0v) is 43.8. The van der Waals surface area contributed by atoms with Crippen LogP contribution in [0, 0.1) is 17.1 Å². The molecule has 0 atom stereocenters. The molecule has 0 radical (unpaired) electrons. The summed E-state index contributed by atoms with van der Waals surface area (Å²) in [5, 5.41) is 13.6. The van der Waals surface area contributed by atoms with Crippen LogP contribution in [0.1, 0.15) is 63.7 Å². The van der Waals surface area contributed by atoms with Gasteiger partial charge < -0.3 is 14.4 Å². The Morgan fingerprint density at radius 3 is 1.70 bits per heavy atom. The van der Waals surface area contributed by atoms with E-state index in [0.717, 1.165) is 77.4 Å². The van der Waals surface area contributed by atoms with Crippen LogP contribution >= 0.6 is 11.6 Å². The summed E-state index contributed by atoms with van der Waals surface area (Å²) in [6.45, 7) is 11.9. The van der Waals surface area contributed by atoms with Gasteiger partial charge >= 0.3 is 0 Å². The van der Waals surface area contributed by atoms with Gasteiger partial charge in [0.2, 0.25) is 0 Å². The van der Waals surface area contributed by atoms with Crippen molar-refractivity contribution >= 4 is 90.6 Å². The second-order valence-corrected chi connectivity index (χ2v) is 22.5. The number of para-hydroxylation sites is 2. The summed E-state index contributed by atoms with van der Waals surface area (Å²) in [5.74, 6) is -0.423. The summed E-state index contributed by atoms with van der Waals surface area (Å²) in [4.78, 5) is 4.36. The molecule has 0 bridgehead atoms. The first-order valence-corrected chi connectivity index (χ1v) is 26.1. The van der Waals surface area contributed by atoms with Crippen LogP contribution in [-0.2, 0) is 10.8 Å². The SMILES string of the molecule is [2H]c1c([2H])c(-c2cc3c4c(c2)N(c2c(-c5ccccc5)cc(C(C)(C)C)cc2-c2ccccc2)c2cc(F)ccc2B4c2ccc(Cl)cc2N3c2ccc(C#N)c(-n3c4ccccc4c4ccccc43)c2)c([2H])c(C(C)(C)C)c1[2H]. The highest BCUT2D eigenvalue weighted by atomic mass is 35.5. The van der Waals surface area contributed by atoms with Gasteiger partial charge in [0, 0.05) is 55.4 Å². The van der Waals surface area contributed by atoms with Gasteiger partial charge in [-0.25, -0.2) is 4.39 Å². The van der Waals surface area contributed by atoms with Crippen LogP contribution in [0.15, 0.2) is 212 Å². The number of rotatable bonds is 6. The first-order valence-electron chi connectivity index (χ1n) is 27.7. The first-order chi connectivity index (χ1) is 38.4. The largest absolute Gasteiger partial charge is 0.311 e. The van der Waals surface area contributed by atoms with Crippen molar-refractivity contribution in [1.82, 2.24) is 4.57 Å². The van der Waals surface area contributed by atoms with Gasteiger partial charge in [0.25, 0.3) is 6.71 Å². The van der Waals surface area contributed by atoms with Crippen LogP contribution in [0.4, 0.5) is 38.5 Å². The topological polar surface area (TPSA) is 35.2 Å². The Morgan fingerprint density at radius 1 is 0.526 bits per heavy atom. The lowest BCUT2D eigenvalue weighted by Gasteiger charge is -2.45. The monoisotopic (exact) mass is 1010 g/mol. The van der Waals surface area contributed by atoms with Crippen molar-refractivity contribution in [2.24, 2.45) is 0 Å². The zero-order chi connectivity index (χ0) is 55.7. The Morgan fingerprint density at radius 2 is 1.09 bits per heavy atom. The maximum absolute atomic E-state index is 16.7. The van der Waals surface area contributed by atoms with Crippen molar-refractivity contribution in [3.05, 3.63) is 240 Å². The molecule has 0 saturated carbocycles. The molecule has 2 aliphatic rings. The van der Waals surface area contributed by atoms with E-state index in [2.05, 4.69) is 114 Å². The standard InChI is InChI=1S/C69H53BClFN4/c1-68(2,3)48-23-17-22-45(34-48)47-35-64-66-65(36-47)76(67-55(43-18-9-7-10-19-43)37-49(69(4,5)6)38-56(67)44-20-11-8-12-21-44)63-40-51(72)30-33-58(63)70(66)57-32-29-50(71)39-62(57)74(64)52-31-28-46(42-73)61(41-52)75-59-26-15-13-24-53(59)54-25-14-16-27-60(54)75/h7-41H,1-6H3/i17D,22D,23D,34D. The van der Waals surface area contributed by atoms with E-state index in [1.165, 1.54) is 6.07 Å². The molecule has 0 fully saturated rings. The van der Waals surface area contributed by atoms with Crippen LogP contribution in [0.25, 0.3) is 60.9 Å². The van der Waals surface area contributed by atoms with E-state index in [4.69, 9.17) is 11.6 Å². The van der Waals surface area contributed by atoms with Crippen LogP contribution in [0.5, 0.6) is 0 Å². The second kappa shape index (κ2) is 17.8. The minimum atomic E-state index is -0.736. The van der Waals surface area contributed by atoms with Crippen LogP contribution in [0.2, 0.25) is 5.02 Å². The second-order valence-electron chi connectivity index (χ2n) is 22.0. The molecule has 76 heavy (non-hydrogen) atoms. The van der Waals surface area contributed by atoms with Gasteiger partial charge in [0.1, 0.15) is 11.9 Å². The molecule has 0 saturated heterocycles. The van der Waals surface area contributed by atoms with E-state index in [0.29, 0.717) is 50.1 Å². The van der Waals surface area contributed by atoms with E-state index in [-0.39, 0.29) is 35.1 Å². The minimum absolute atomic E-state index is 0.0108. The lowest BCUT2D eigenvalue weighted by Crippen LogP contribution is -2.61. The molecule has 366 valence electrons. The number of anilines is 6. The summed E-state index contributed by atoms with van der Waals surface area (Å²) in [7, 11) is 0. The van der Waals surface area contributed by atoms with Gasteiger partial charge in [-0.2, -0.15) is 5.26 Å². The quantitative estimate of drug-likeness (QED) is 0.156. The maximum atomic E-state index is 16.7. The van der Waals surface area contributed by atoms with E-state index < -0.39 is 17.9 Å². The van der Waals surface area contributed by atoms with E-state index >= 15 is 4.39 Å². The third kappa shape index (κ3) is 7.63. The van der Waals surface area contributed by atoms with Gasteiger partial charge in [-0.1, -0.05) is 187 Å². The molecule has 0 spiro atoms. The molecule has 0 amide bonds. The summed E-state index contributed by atoms with van der Waals surface area (Å²) < 4.78 is 57.3. The Labute approximate surface area is 455 Å². The van der Waals surface area contributed by atoms with Crippen molar-refractivity contribution in [3.8, 4) is 45.1 Å². The molecule has 10 aromatic carbocycles. The summed E-state index contributed by atoms with van der Waals surface area (Å²) in [6, 6.07) is 64.2. The van der Waals surface area contributed by atoms with E-state index in [9.17, 15) is 10.7 Å². The minimum Gasteiger partial charge on any atom is -0.311 e. The molecular weight excluding hydrogens is 950 g/mol. The predicted octanol–water partition coefficient (Wildman–Crippen LogP) is 17.1. The molecule has 13 rings (SSSR count). The van der Waals surface area contributed by atoms with Crippen molar-refractivity contribution in [3.63, 3.8) is 0 Å². The Bertz CT molecular complexity index is 4330. The fraction of sp³-hybridized carbons (Fsp3) is 0.116. The number of nitrogens with zero attached hydrogens (tertiary/aromatic N) is 4. The zero-order valence-electron chi connectivity index (χ0n) is 47.0. The molecule has 1 aromatic heterocycles. The van der Waals surface area contributed by atoms with E-state index in [1.54, 1.807) is 6.07 Å². The number of nitriles is 1. The Hall–Kier alpha value is -8.63. The molecule has 0 unspecified atom stereocenters. The van der Waals surface area contributed by atoms with Gasteiger partial charge in [0.05, 0.1) is 33.5 Å². The summed E-state index contributed by atoms with van der Waals surface area (Å²) in [5.41, 5.74) is 14.7. The summed E-state index contributed by atoms with van der Waals surface area (Å²) in [6.07, 6.45) is 0. The highest BCUT2D eigenvalue weighted by Crippen LogP contribution is 2.53. The molecule has 2 aliphatic heterocycles. The van der Waals surface area contributed by atoms with Gasteiger partial charge in [-0.15, -0.1) is 0 Å². The predicted molar refractivity (Wildman–Crippen MR) is 318 cm³/mol. The van der Waals surface area contributed by atoms with Gasteiger partial charge in [-0.05, 0) is 139 Å². The fourth-order valence-corrected chi connectivity index (χ4v) is 11.7. The molecule has 11 aromatic rings. The van der Waals surface area contributed by atoms with Crippen molar-refractivity contribution in [2.45, 2.75) is 52.4 Å². The lowest BCUT2D eigenvalue weighted by atomic mass is 9.33. The normalized spacial score (nSPS) is 13.6. The number of hydrogen-bond acceptors (Lipinski definition) is 3. The Balaban J connectivity index is 1.21. The number of fused-ring (bicyclic) bond motifs is 7. The third-order valence-corrected chi connectivity index (χ3v) is 15.4. The number of hydrogen-bond donors (Lipinski definition) is 0. The number of aromatic nitrogens is 1. The molecule has 7 heteroatoms. The average molecular weight is 1010 g/mol. The fourth-order valence-electron chi connectivity index (χ4n) is 11.6. The Kier molecular flexibility index (Phi) is 9.98. The maximum Gasteiger partial charge on any atom is 0.252 e. The van der Waals surface area contributed by atoms with Crippen LogP contribution in [0.3, 0.4) is 0 Å². The first kappa shape index (κ1) is 42.7. The van der Waals surface area contributed by atoms with Crippen LogP contribution in [-0.4, -0.2) is 11.3 Å². The van der Waals surface area contributed by atoms with Crippen LogP contribution < -0.4 is 26.2 Å².